The van der Waals surface area contributed by atoms with Crippen molar-refractivity contribution in [1.82, 2.24) is 24.7 Å². The van der Waals surface area contributed by atoms with E-state index in [0.717, 1.165) is 18.5 Å². The fourth-order valence-electron chi connectivity index (χ4n) is 4.44. The van der Waals surface area contributed by atoms with Gasteiger partial charge >= 0.3 is 0 Å². The van der Waals surface area contributed by atoms with E-state index in [1.54, 1.807) is 10.9 Å². The van der Waals surface area contributed by atoms with Crippen molar-refractivity contribution in [2.75, 3.05) is 0 Å². The monoisotopic (exact) mass is 385 g/mol. The van der Waals surface area contributed by atoms with Crippen LogP contribution in [-0.4, -0.2) is 30.7 Å². The average Bonchev–Trinajstić information content (AvgIpc) is 3.06. The molecule has 2 aliphatic carbocycles. The van der Waals surface area contributed by atoms with E-state index in [2.05, 4.69) is 15.1 Å². The molecule has 0 aromatic carbocycles. The van der Waals surface area contributed by atoms with Crippen molar-refractivity contribution in [1.29, 1.82) is 0 Å². The summed E-state index contributed by atoms with van der Waals surface area (Å²) in [6, 6.07) is 5.70. The third kappa shape index (κ3) is 2.91. The molecule has 0 amide bonds. The summed E-state index contributed by atoms with van der Waals surface area (Å²) in [5.74, 6) is -1.63. The summed E-state index contributed by atoms with van der Waals surface area (Å²) in [5.41, 5.74) is 1.28. The fraction of sp³-hybridized carbons (Fsp3) is 0.500. The molecule has 0 unspecified atom stereocenters. The minimum Gasteiger partial charge on any atom is -0.310 e. The maximum absolute atomic E-state index is 13.5. The van der Waals surface area contributed by atoms with Crippen LogP contribution in [0.15, 0.2) is 35.4 Å². The molecule has 3 heterocycles. The number of rotatable bonds is 3. The van der Waals surface area contributed by atoms with Crippen LogP contribution in [0.2, 0.25) is 0 Å². The first-order valence-corrected chi connectivity index (χ1v) is 9.78. The Kier molecular flexibility index (Phi) is 4.03. The van der Waals surface area contributed by atoms with E-state index in [1.807, 2.05) is 18.2 Å². The molecule has 2 saturated carbocycles. The molecule has 2 atom stereocenters. The Morgan fingerprint density at radius 2 is 1.89 bits per heavy atom. The molecule has 8 heteroatoms. The second-order valence-corrected chi connectivity index (χ2v) is 7.91. The van der Waals surface area contributed by atoms with Gasteiger partial charge in [0.1, 0.15) is 11.2 Å². The van der Waals surface area contributed by atoms with E-state index in [0.29, 0.717) is 29.7 Å². The Hall–Kier alpha value is -2.64. The molecule has 1 N–H and O–H groups in total. The molecule has 0 aliphatic heterocycles. The van der Waals surface area contributed by atoms with Crippen molar-refractivity contribution in [3.05, 3.63) is 52.5 Å². The summed E-state index contributed by atoms with van der Waals surface area (Å²) in [6.45, 7) is 0. The van der Waals surface area contributed by atoms with Crippen LogP contribution in [0.25, 0.3) is 11.0 Å². The van der Waals surface area contributed by atoms with E-state index < -0.39 is 5.92 Å². The Morgan fingerprint density at radius 1 is 1.11 bits per heavy atom. The zero-order chi connectivity index (χ0) is 19.3. The third-order valence-corrected chi connectivity index (χ3v) is 6.21. The first-order valence-electron chi connectivity index (χ1n) is 9.78. The summed E-state index contributed by atoms with van der Waals surface area (Å²) in [4.78, 5) is 24.7. The number of H-pyrrole nitrogens is 1. The van der Waals surface area contributed by atoms with Crippen LogP contribution in [0.3, 0.4) is 0 Å². The third-order valence-electron chi connectivity index (χ3n) is 6.21. The van der Waals surface area contributed by atoms with Crippen LogP contribution in [0.4, 0.5) is 8.78 Å². The molecule has 146 valence electrons. The van der Waals surface area contributed by atoms with Crippen LogP contribution in [0.1, 0.15) is 67.9 Å². The van der Waals surface area contributed by atoms with Gasteiger partial charge in [0.05, 0.1) is 12.2 Å². The van der Waals surface area contributed by atoms with Gasteiger partial charge in [0, 0.05) is 36.6 Å². The molecule has 28 heavy (non-hydrogen) atoms. The van der Waals surface area contributed by atoms with Crippen molar-refractivity contribution >= 4 is 11.0 Å². The van der Waals surface area contributed by atoms with Gasteiger partial charge in [0.15, 0.2) is 5.65 Å². The van der Waals surface area contributed by atoms with Crippen LogP contribution in [0, 0.1) is 0 Å². The highest BCUT2D eigenvalue weighted by Gasteiger charge is 2.38. The number of halogens is 2. The molecule has 0 bridgehead atoms. The number of nitrogens with zero attached hydrogens (tertiary/aromatic N) is 4. The minimum absolute atomic E-state index is 0.103. The van der Waals surface area contributed by atoms with Gasteiger partial charge < -0.3 is 4.98 Å². The smallest absolute Gasteiger partial charge is 0.262 e. The number of alkyl halides is 2. The highest BCUT2D eigenvalue weighted by molar-refractivity contribution is 5.73. The fourth-order valence-corrected chi connectivity index (χ4v) is 4.44. The second-order valence-electron chi connectivity index (χ2n) is 7.91. The van der Waals surface area contributed by atoms with E-state index in [-0.39, 0.29) is 36.3 Å². The zero-order valence-corrected chi connectivity index (χ0v) is 15.3. The Bertz CT molecular complexity index is 1050. The van der Waals surface area contributed by atoms with Gasteiger partial charge in [-0.2, -0.15) is 5.10 Å². The highest BCUT2D eigenvalue weighted by atomic mass is 19.3. The van der Waals surface area contributed by atoms with Gasteiger partial charge in [-0.3, -0.25) is 9.78 Å². The average molecular weight is 385 g/mol. The molecule has 0 saturated heterocycles. The minimum atomic E-state index is -2.60. The molecular weight excluding hydrogens is 364 g/mol. The largest absolute Gasteiger partial charge is 0.310 e. The molecule has 0 radical (unpaired) electrons. The maximum atomic E-state index is 13.5. The lowest BCUT2D eigenvalue weighted by Gasteiger charge is -2.35. The Labute approximate surface area is 160 Å². The van der Waals surface area contributed by atoms with Gasteiger partial charge in [0.2, 0.25) is 5.92 Å². The van der Waals surface area contributed by atoms with Crippen molar-refractivity contribution in [2.45, 2.75) is 62.3 Å². The number of aromatic nitrogens is 5. The maximum Gasteiger partial charge on any atom is 0.262 e. The van der Waals surface area contributed by atoms with Gasteiger partial charge in [-0.1, -0.05) is 6.07 Å². The SMILES string of the molecule is O=c1[nH]c([C@H]2CC[C@@H]2c2ccccn2)nc2c1cnn2C1CCC(F)(F)CC1. The summed E-state index contributed by atoms with van der Waals surface area (Å²) < 4.78 is 28.7. The van der Waals surface area contributed by atoms with Crippen molar-refractivity contribution in [3.63, 3.8) is 0 Å². The van der Waals surface area contributed by atoms with Gasteiger partial charge in [0.25, 0.3) is 5.56 Å². The number of nitrogens with one attached hydrogen (secondary N) is 1. The molecule has 3 aromatic heterocycles. The standard InChI is InChI=1S/C20H21F2N5O/c21-20(22)8-6-12(7-9-20)27-18-15(11-24-27)19(28)26-17(25-18)14-5-4-13(14)16-3-1-2-10-23-16/h1-3,10-14H,4-9H2,(H,25,26,28)/t13-,14-/m0/s1. The summed E-state index contributed by atoms with van der Waals surface area (Å²) in [7, 11) is 0. The zero-order valence-electron chi connectivity index (χ0n) is 15.3. The second kappa shape index (κ2) is 6.46. The lowest BCUT2D eigenvalue weighted by atomic mass is 9.71. The molecule has 0 spiro atoms. The summed E-state index contributed by atoms with van der Waals surface area (Å²) >= 11 is 0. The lowest BCUT2D eigenvalue weighted by Crippen LogP contribution is -2.28. The predicted octanol–water partition coefficient (Wildman–Crippen LogP) is 3.93. The van der Waals surface area contributed by atoms with Crippen LogP contribution < -0.4 is 5.56 Å². The van der Waals surface area contributed by atoms with Crippen molar-refractivity contribution in [3.8, 4) is 0 Å². The van der Waals surface area contributed by atoms with Crippen molar-refractivity contribution in [2.24, 2.45) is 0 Å². The Morgan fingerprint density at radius 3 is 2.57 bits per heavy atom. The van der Waals surface area contributed by atoms with Gasteiger partial charge in [-0.15, -0.1) is 0 Å². The van der Waals surface area contributed by atoms with Crippen molar-refractivity contribution < 1.29 is 8.78 Å². The van der Waals surface area contributed by atoms with Gasteiger partial charge in [-0.25, -0.2) is 18.4 Å². The quantitative estimate of drug-likeness (QED) is 0.741. The van der Waals surface area contributed by atoms with Crippen LogP contribution >= 0.6 is 0 Å². The number of aromatic amines is 1. The lowest BCUT2D eigenvalue weighted by molar-refractivity contribution is -0.0446. The molecule has 5 rings (SSSR count). The first kappa shape index (κ1) is 17.5. The van der Waals surface area contributed by atoms with E-state index in [4.69, 9.17) is 4.98 Å². The normalized spacial score (nSPS) is 24.9. The first-order chi connectivity index (χ1) is 13.5. The van der Waals surface area contributed by atoms with E-state index in [1.165, 1.54) is 6.20 Å². The van der Waals surface area contributed by atoms with E-state index >= 15 is 0 Å². The van der Waals surface area contributed by atoms with E-state index in [9.17, 15) is 13.6 Å². The molecule has 2 fully saturated rings. The molecule has 6 nitrogen and oxygen atoms in total. The molecule has 2 aliphatic rings. The number of hydrogen-bond acceptors (Lipinski definition) is 4. The number of hydrogen-bond donors (Lipinski definition) is 1. The van der Waals surface area contributed by atoms with Gasteiger partial charge in [-0.05, 0) is 37.8 Å². The topological polar surface area (TPSA) is 76.5 Å². The number of pyridine rings is 1. The Balaban J connectivity index is 1.49. The molecular formula is C20H21F2N5O. The summed E-state index contributed by atoms with van der Waals surface area (Å²) in [6.07, 6.45) is 5.58. The van der Waals surface area contributed by atoms with Crippen LogP contribution in [-0.2, 0) is 0 Å². The molecule has 3 aromatic rings. The van der Waals surface area contributed by atoms with Crippen LogP contribution in [0.5, 0.6) is 0 Å². The highest BCUT2D eigenvalue weighted by Crippen LogP contribution is 2.47. The number of fused-ring (bicyclic) bond motifs is 1. The predicted molar refractivity (Wildman–Crippen MR) is 99.6 cm³/mol. The summed E-state index contributed by atoms with van der Waals surface area (Å²) in [5, 5.41) is 4.74.